The second-order valence-electron chi connectivity index (χ2n) is 4.74. The standard InChI is InChI=1S/C12H20ClN3O/c1-3-7-16-10(14-15-11(16)9-13)8-12(17-2)5-4-6-12/h3-9H2,1-2H3. The molecule has 0 aromatic carbocycles. The average molecular weight is 258 g/mol. The van der Waals surface area contributed by atoms with Gasteiger partial charge in [0.05, 0.1) is 11.5 Å². The fourth-order valence-corrected chi connectivity index (χ4v) is 2.59. The largest absolute Gasteiger partial charge is 0.378 e. The summed E-state index contributed by atoms with van der Waals surface area (Å²) in [7, 11) is 1.79. The van der Waals surface area contributed by atoms with Crippen molar-refractivity contribution in [2.24, 2.45) is 0 Å². The Morgan fingerprint density at radius 1 is 1.35 bits per heavy atom. The van der Waals surface area contributed by atoms with Crippen LogP contribution in [0.4, 0.5) is 0 Å². The third-order valence-electron chi connectivity index (χ3n) is 3.65. The van der Waals surface area contributed by atoms with E-state index in [2.05, 4.69) is 21.7 Å². The van der Waals surface area contributed by atoms with E-state index in [1.165, 1.54) is 6.42 Å². The second kappa shape index (κ2) is 5.36. The lowest BCUT2D eigenvalue weighted by Gasteiger charge is -2.40. The molecule has 5 heteroatoms. The smallest absolute Gasteiger partial charge is 0.147 e. The Hall–Kier alpha value is -0.610. The van der Waals surface area contributed by atoms with Crippen molar-refractivity contribution in [2.45, 2.75) is 57.1 Å². The van der Waals surface area contributed by atoms with Gasteiger partial charge in [-0.3, -0.25) is 0 Å². The van der Waals surface area contributed by atoms with Crippen molar-refractivity contribution in [3.05, 3.63) is 11.6 Å². The molecule has 1 saturated carbocycles. The highest BCUT2D eigenvalue weighted by Crippen LogP contribution is 2.37. The van der Waals surface area contributed by atoms with Gasteiger partial charge in [-0.15, -0.1) is 21.8 Å². The number of halogens is 1. The summed E-state index contributed by atoms with van der Waals surface area (Å²) >= 11 is 5.88. The van der Waals surface area contributed by atoms with Crippen LogP contribution in [0.2, 0.25) is 0 Å². The van der Waals surface area contributed by atoms with E-state index in [9.17, 15) is 0 Å². The highest BCUT2D eigenvalue weighted by molar-refractivity contribution is 6.16. The second-order valence-corrected chi connectivity index (χ2v) is 5.00. The number of ether oxygens (including phenoxy) is 1. The summed E-state index contributed by atoms with van der Waals surface area (Å²) in [6.07, 6.45) is 5.41. The van der Waals surface area contributed by atoms with E-state index in [0.29, 0.717) is 5.88 Å². The van der Waals surface area contributed by atoms with Gasteiger partial charge in [-0.05, 0) is 25.7 Å². The van der Waals surface area contributed by atoms with E-state index in [4.69, 9.17) is 16.3 Å². The van der Waals surface area contributed by atoms with Crippen molar-refractivity contribution in [1.82, 2.24) is 14.8 Å². The molecule has 0 atom stereocenters. The van der Waals surface area contributed by atoms with E-state index in [0.717, 1.165) is 43.9 Å². The van der Waals surface area contributed by atoms with Crippen LogP contribution in [0.25, 0.3) is 0 Å². The van der Waals surface area contributed by atoms with Crippen LogP contribution in [0.5, 0.6) is 0 Å². The molecule has 1 fully saturated rings. The Morgan fingerprint density at radius 3 is 2.53 bits per heavy atom. The lowest BCUT2D eigenvalue weighted by atomic mass is 9.77. The molecule has 0 aliphatic heterocycles. The molecule has 17 heavy (non-hydrogen) atoms. The first kappa shape index (κ1) is 12.8. The van der Waals surface area contributed by atoms with Crippen LogP contribution in [0, 0.1) is 0 Å². The van der Waals surface area contributed by atoms with Gasteiger partial charge >= 0.3 is 0 Å². The maximum atomic E-state index is 5.88. The lowest BCUT2D eigenvalue weighted by molar-refractivity contribution is -0.0726. The minimum Gasteiger partial charge on any atom is -0.378 e. The Balaban J connectivity index is 2.17. The minimum absolute atomic E-state index is 0.00209. The zero-order valence-corrected chi connectivity index (χ0v) is 11.3. The summed E-state index contributed by atoms with van der Waals surface area (Å²) in [6.45, 7) is 3.08. The number of aromatic nitrogens is 3. The number of nitrogens with zero attached hydrogens (tertiary/aromatic N) is 3. The third-order valence-corrected chi connectivity index (χ3v) is 3.89. The summed E-state index contributed by atoms with van der Waals surface area (Å²) in [5.41, 5.74) is 0.00209. The van der Waals surface area contributed by atoms with Crippen LogP contribution in [0.3, 0.4) is 0 Å². The van der Waals surface area contributed by atoms with Crippen LogP contribution < -0.4 is 0 Å². The van der Waals surface area contributed by atoms with Crippen LogP contribution in [0.15, 0.2) is 0 Å². The average Bonchev–Trinajstić information content (AvgIpc) is 2.67. The molecule has 1 aromatic heterocycles. The fourth-order valence-electron chi connectivity index (χ4n) is 2.40. The first-order chi connectivity index (χ1) is 8.24. The molecule has 1 aromatic rings. The van der Waals surface area contributed by atoms with Crippen LogP contribution in [0.1, 0.15) is 44.3 Å². The van der Waals surface area contributed by atoms with Gasteiger partial charge in [0.25, 0.3) is 0 Å². The molecule has 96 valence electrons. The minimum atomic E-state index is 0.00209. The fraction of sp³-hybridized carbons (Fsp3) is 0.833. The number of methoxy groups -OCH3 is 1. The maximum absolute atomic E-state index is 5.88. The Kier molecular flexibility index (Phi) is 4.05. The molecule has 0 radical (unpaired) electrons. The van der Waals surface area contributed by atoms with Crippen LogP contribution in [-0.4, -0.2) is 27.5 Å². The van der Waals surface area contributed by atoms with Gasteiger partial charge in [0.2, 0.25) is 0 Å². The lowest BCUT2D eigenvalue weighted by Crippen LogP contribution is -2.42. The Labute approximate surface area is 107 Å². The van der Waals surface area contributed by atoms with Crippen molar-refractivity contribution in [1.29, 1.82) is 0 Å². The normalized spacial score (nSPS) is 18.1. The Morgan fingerprint density at radius 2 is 2.06 bits per heavy atom. The quantitative estimate of drug-likeness (QED) is 0.736. The summed E-state index contributed by atoms with van der Waals surface area (Å²) < 4.78 is 7.78. The molecule has 1 aliphatic rings. The first-order valence-electron chi connectivity index (χ1n) is 6.27. The van der Waals surface area contributed by atoms with Gasteiger partial charge in [-0.2, -0.15) is 0 Å². The molecular weight excluding hydrogens is 238 g/mol. The van der Waals surface area contributed by atoms with Gasteiger partial charge in [0.15, 0.2) is 0 Å². The van der Waals surface area contributed by atoms with Gasteiger partial charge in [0.1, 0.15) is 11.6 Å². The van der Waals surface area contributed by atoms with Crippen molar-refractivity contribution in [3.63, 3.8) is 0 Å². The van der Waals surface area contributed by atoms with Crippen molar-refractivity contribution < 1.29 is 4.74 Å². The first-order valence-corrected chi connectivity index (χ1v) is 6.80. The summed E-state index contributed by atoms with van der Waals surface area (Å²) in [6, 6.07) is 0. The third kappa shape index (κ3) is 2.47. The SMILES string of the molecule is CCCn1c(CCl)nnc1CC1(OC)CCC1. The number of alkyl halides is 1. The molecule has 0 saturated heterocycles. The van der Waals surface area contributed by atoms with Crippen molar-refractivity contribution in [2.75, 3.05) is 7.11 Å². The van der Waals surface area contributed by atoms with Crippen molar-refractivity contribution >= 4 is 11.6 Å². The topological polar surface area (TPSA) is 39.9 Å². The highest BCUT2D eigenvalue weighted by Gasteiger charge is 2.38. The molecule has 2 rings (SSSR count). The van der Waals surface area contributed by atoms with Gasteiger partial charge < -0.3 is 9.30 Å². The zero-order valence-electron chi connectivity index (χ0n) is 10.6. The number of rotatable bonds is 6. The highest BCUT2D eigenvalue weighted by atomic mass is 35.5. The zero-order chi connectivity index (χ0) is 12.3. The molecule has 0 N–H and O–H groups in total. The van der Waals surface area contributed by atoms with Crippen molar-refractivity contribution in [3.8, 4) is 0 Å². The van der Waals surface area contributed by atoms with Gasteiger partial charge in [-0.25, -0.2) is 0 Å². The van der Waals surface area contributed by atoms with E-state index in [1.807, 2.05) is 0 Å². The van der Waals surface area contributed by atoms with E-state index in [1.54, 1.807) is 7.11 Å². The predicted molar refractivity (Wildman–Crippen MR) is 67.2 cm³/mol. The summed E-state index contributed by atoms with van der Waals surface area (Å²) in [5.74, 6) is 2.31. The maximum Gasteiger partial charge on any atom is 0.147 e. The monoisotopic (exact) mass is 257 g/mol. The van der Waals surface area contributed by atoms with Crippen LogP contribution >= 0.6 is 11.6 Å². The predicted octanol–water partition coefficient (Wildman–Crippen LogP) is 2.54. The molecular formula is C12H20ClN3O. The number of hydrogen-bond donors (Lipinski definition) is 0. The molecule has 4 nitrogen and oxygen atoms in total. The number of hydrogen-bond acceptors (Lipinski definition) is 3. The molecule has 0 bridgehead atoms. The molecule has 1 heterocycles. The van der Waals surface area contributed by atoms with Crippen LogP contribution in [-0.2, 0) is 23.6 Å². The molecule has 0 spiro atoms. The van der Waals surface area contributed by atoms with Gasteiger partial charge in [-0.1, -0.05) is 6.92 Å². The Bertz CT molecular complexity index is 368. The van der Waals surface area contributed by atoms with E-state index < -0.39 is 0 Å². The van der Waals surface area contributed by atoms with E-state index >= 15 is 0 Å². The molecule has 0 amide bonds. The van der Waals surface area contributed by atoms with E-state index in [-0.39, 0.29) is 5.60 Å². The summed E-state index contributed by atoms with van der Waals surface area (Å²) in [4.78, 5) is 0. The molecule has 1 aliphatic carbocycles. The summed E-state index contributed by atoms with van der Waals surface area (Å²) in [5, 5.41) is 8.42. The molecule has 0 unspecified atom stereocenters. The van der Waals surface area contributed by atoms with Gasteiger partial charge in [0, 0.05) is 20.1 Å².